The number of hydrogen-bond donors (Lipinski definition) is 1. The van der Waals surface area contributed by atoms with E-state index in [9.17, 15) is 4.79 Å². The molecule has 1 heterocycles. The number of nitrogens with zero attached hydrogens (tertiary/aromatic N) is 1. The highest BCUT2D eigenvalue weighted by atomic mass is 35.5. The van der Waals surface area contributed by atoms with Gasteiger partial charge in [-0.15, -0.1) is 0 Å². The van der Waals surface area contributed by atoms with E-state index < -0.39 is 0 Å². The van der Waals surface area contributed by atoms with Gasteiger partial charge >= 0.3 is 0 Å². The van der Waals surface area contributed by atoms with Gasteiger partial charge in [0.1, 0.15) is 19.8 Å². The summed E-state index contributed by atoms with van der Waals surface area (Å²) in [5.74, 6) is 2.23. The van der Waals surface area contributed by atoms with Crippen LogP contribution in [0.25, 0.3) is 0 Å². The average Bonchev–Trinajstić information content (AvgIpc) is 2.84. The van der Waals surface area contributed by atoms with Gasteiger partial charge in [0.25, 0.3) is 0 Å². The van der Waals surface area contributed by atoms with Crippen LogP contribution < -0.4 is 24.4 Å². The first-order valence-corrected chi connectivity index (χ1v) is 10.7. The number of halogens is 1. The summed E-state index contributed by atoms with van der Waals surface area (Å²) in [5.41, 5.74) is 4.98. The van der Waals surface area contributed by atoms with Crippen LogP contribution in [0, 0.1) is 0 Å². The lowest BCUT2D eigenvalue weighted by atomic mass is 10.1. The SMILES string of the molecule is COc1cc(/C=N/NC(=O)Cc2ccc3c(c2)OCCO3)ccc1OCc1ccccc1Cl. The van der Waals surface area contributed by atoms with E-state index in [1.54, 1.807) is 25.5 Å². The summed E-state index contributed by atoms with van der Waals surface area (Å²) in [6.45, 7) is 1.35. The number of carbonyl (C=O) groups excluding carboxylic acids is 1. The zero-order valence-corrected chi connectivity index (χ0v) is 18.8. The third-order valence-corrected chi connectivity index (χ3v) is 5.27. The number of hydrogen-bond acceptors (Lipinski definition) is 6. The Balaban J connectivity index is 1.33. The van der Waals surface area contributed by atoms with Crippen molar-refractivity contribution in [3.63, 3.8) is 0 Å². The summed E-state index contributed by atoms with van der Waals surface area (Å²) in [6.07, 6.45) is 1.72. The molecule has 3 aromatic carbocycles. The van der Waals surface area contributed by atoms with Gasteiger partial charge in [0, 0.05) is 10.6 Å². The van der Waals surface area contributed by atoms with Crippen molar-refractivity contribution in [3.8, 4) is 23.0 Å². The number of carbonyl (C=O) groups is 1. The van der Waals surface area contributed by atoms with Crippen LogP contribution in [0.5, 0.6) is 23.0 Å². The lowest BCUT2D eigenvalue weighted by Crippen LogP contribution is -2.20. The summed E-state index contributed by atoms with van der Waals surface area (Å²) in [7, 11) is 1.56. The maximum atomic E-state index is 12.2. The number of hydrazone groups is 1. The molecule has 0 aliphatic carbocycles. The molecule has 0 unspecified atom stereocenters. The molecule has 0 saturated heterocycles. The molecule has 7 nitrogen and oxygen atoms in total. The maximum Gasteiger partial charge on any atom is 0.244 e. The predicted octanol–water partition coefficient (Wildman–Crippen LogP) is 4.39. The summed E-state index contributed by atoms with van der Waals surface area (Å²) in [6, 6.07) is 18.3. The van der Waals surface area contributed by atoms with Crippen LogP contribution in [0.3, 0.4) is 0 Å². The van der Waals surface area contributed by atoms with Gasteiger partial charge < -0.3 is 18.9 Å². The molecule has 1 amide bonds. The Kier molecular flexibility index (Phi) is 7.32. The normalized spacial score (nSPS) is 12.4. The van der Waals surface area contributed by atoms with Crippen LogP contribution in [0.4, 0.5) is 0 Å². The average molecular weight is 467 g/mol. The molecule has 0 fully saturated rings. The van der Waals surface area contributed by atoms with Gasteiger partial charge in [0.2, 0.25) is 5.91 Å². The first-order chi connectivity index (χ1) is 16.1. The first kappa shape index (κ1) is 22.5. The molecule has 8 heteroatoms. The van der Waals surface area contributed by atoms with Crippen molar-refractivity contribution in [2.75, 3.05) is 20.3 Å². The van der Waals surface area contributed by atoms with Crippen molar-refractivity contribution in [1.82, 2.24) is 5.43 Å². The number of ether oxygens (including phenoxy) is 4. The van der Waals surface area contributed by atoms with Crippen LogP contribution in [0.15, 0.2) is 65.8 Å². The number of benzene rings is 3. The van der Waals surface area contributed by atoms with Crippen LogP contribution in [-0.2, 0) is 17.8 Å². The summed E-state index contributed by atoms with van der Waals surface area (Å²) in [4.78, 5) is 12.2. The monoisotopic (exact) mass is 466 g/mol. The number of nitrogens with one attached hydrogen (secondary N) is 1. The molecule has 0 bridgehead atoms. The lowest BCUT2D eigenvalue weighted by Gasteiger charge is -2.18. The smallest absolute Gasteiger partial charge is 0.244 e. The molecule has 0 atom stereocenters. The molecule has 4 rings (SSSR count). The Morgan fingerprint density at radius 2 is 1.88 bits per heavy atom. The van der Waals surface area contributed by atoms with Gasteiger partial charge in [0.15, 0.2) is 23.0 Å². The third-order valence-electron chi connectivity index (χ3n) is 4.90. The Hall–Kier alpha value is -3.71. The molecule has 1 aliphatic heterocycles. The van der Waals surface area contributed by atoms with Crippen molar-refractivity contribution in [2.24, 2.45) is 5.10 Å². The first-order valence-electron chi connectivity index (χ1n) is 10.4. The van der Waals surface area contributed by atoms with Gasteiger partial charge in [-0.1, -0.05) is 35.9 Å². The predicted molar refractivity (Wildman–Crippen MR) is 126 cm³/mol. The molecule has 0 spiro atoms. The summed E-state index contributed by atoms with van der Waals surface area (Å²) in [5, 5.41) is 4.69. The standard InChI is InChI=1S/C25H23ClN2O5/c1-30-23-13-18(7-9-21(23)33-16-19-4-2-3-5-20(19)26)15-27-28-25(29)14-17-6-8-22-24(12-17)32-11-10-31-22/h2-9,12-13,15H,10-11,14,16H2,1H3,(H,28,29)/b27-15+. The van der Waals surface area contributed by atoms with E-state index in [2.05, 4.69) is 10.5 Å². The molecule has 170 valence electrons. The number of methoxy groups -OCH3 is 1. The van der Waals surface area contributed by atoms with Crippen molar-refractivity contribution < 1.29 is 23.7 Å². The quantitative estimate of drug-likeness (QED) is 0.393. The van der Waals surface area contributed by atoms with Crippen molar-refractivity contribution in [1.29, 1.82) is 0 Å². The second-order valence-electron chi connectivity index (χ2n) is 7.24. The van der Waals surface area contributed by atoms with Gasteiger partial charge in [-0.2, -0.15) is 5.10 Å². The molecule has 0 radical (unpaired) electrons. The van der Waals surface area contributed by atoms with Crippen LogP contribution in [-0.4, -0.2) is 32.4 Å². The number of amides is 1. The van der Waals surface area contributed by atoms with Gasteiger partial charge in [-0.25, -0.2) is 5.43 Å². The maximum absolute atomic E-state index is 12.2. The highest BCUT2D eigenvalue weighted by Gasteiger charge is 2.13. The Bertz CT molecular complexity index is 1170. The van der Waals surface area contributed by atoms with E-state index in [0.29, 0.717) is 47.8 Å². The van der Waals surface area contributed by atoms with E-state index in [0.717, 1.165) is 16.7 Å². The Labute approximate surface area is 196 Å². The van der Waals surface area contributed by atoms with Gasteiger partial charge in [0.05, 0.1) is 19.7 Å². The number of fused-ring (bicyclic) bond motifs is 1. The van der Waals surface area contributed by atoms with E-state index in [-0.39, 0.29) is 12.3 Å². The van der Waals surface area contributed by atoms with Crippen molar-refractivity contribution >= 4 is 23.7 Å². The zero-order chi connectivity index (χ0) is 23.0. The Morgan fingerprint density at radius 1 is 1.06 bits per heavy atom. The fraction of sp³-hybridized carbons (Fsp3) is 0.200. The fourth-order valence-electron chi connectivity index (χ4n) is 3.26. The Morgan fingerprint density at radius 3 is 2.70 bits per heavy atom. The van der Waals surface area contributed by atoms with E-state index in [4.69, 9.17) is 30.5 Å². The lowest BCUT2D eigenvalue weighted by molar-refractivity contribution is -0.120. The molecule has 3 aromatic rings. The molecule has 0 aromatic heterocycles. The molecule has 0 saturated carbocycles. The molecular weight excluding hydrogens is 444 g/mol. The summed E-state index contributed by atoms with van der Waals surface area (Å²) < 4.78 is 22.3. The largest absolute Gasteiger partial charge is 0.493 e. The molecular formula is C25H23ClN2O5. The third kappa shape index (κ3) is 5.96. The second kappa shape index (κ2) is 10.7. The topological polar surface area (TPSA) is 78.4 Å². The fourth-order valence-corrected chi connectivity index (χ4v) is 3.45. The van der Waals surface area contributed by atoms with Gasteiger partial charge in [-0.05, 0) is 47.5 Å². The minimum Gasteiger partial charge on any atom is -0.493 e. The van der Waals surface area contributed by atoms with Crippen LogP contribution >= 0.6 is 11.6 Å². The number of rotatable bonds is 8. The van der Waals surface area contributed by atoms with Crippen molar-refractivity contribution in [3.05, 3.63) is 82.4 Å². The molecule has 1 N–H and O–H groups in total. The molecule has 1 aliphatic rings. The van der Waals surface area contributed by atoms with Crippen molar-refractivity contribution in [2.45, 2.75) is 13.0 Å². The van der Waals surface area contributed by atoms with E-state index in [1.165, 1.54) is 0 Å². The summed E-state index contributed by atoms with van der Waals surface area (Å²) >= 11 is 6.18. The highest BCUT2D eigenvalue weighted by Crippen LogP contribution is 2.31. The van der Waals surface area contributed by atoms with Gasteiger partial charge in [-0.3, -0.25) is 4.79 Å². The van der Waals surface area contributed by atoms with E-state index >= 15 is 0 Å². The van der Waals surface area contributed by atoms with Crippen LogP contribution in [0.2, 0.25) is 5.02 Å². The second-order valence-corrected chi connectivity index (χ2v) is 7.65. The molecule has 33 heavy (non-hydrogen) atoms. The minimum atomic E-state index is -0.241. The van der Waals surface area contributed by atoms with E-state index in [1.807, 2.05) is 48.5 Å². The van der Waals surface area contributed by atoms with Crippen LogP contribution in [0.1, 0.15) is 16.7 Å². The minimum absolute atomic E-state index is 0.173. The zero-order valence-electron chi connectivity index (χ0n) is 18.0. The highest BCUT2D eigenvalue weighted by molar-refractivity contribution is 6.31.